The fraction of sp³-hybridized carbons (Fsp3) is 0.636. The predicted octanol–water partition coefficient (Wildman–Crippen LogP) is 0.851. The summed E-state index contributed by atoms with van der Waals surface area (Å²) in [5.41, 5.74) is 1.96. The summed E-state index contributed by atoms with van der Waals surface area (Å²) in [6.45, 7) is 2.72. The molecule has 2 heterocycles. The van der Waals surface area contributed by atoms with E-state index in [1.54, 1.807) is 0 Å². The average Bonchev–Trinajstić information content (AvgIpc) is 2.67. The van der Waals surface area contributed by atoms with Gasteiger partial charge >= 0.3 is 5.97 Å². The molecule has 2 rings (SSSR count). The number of fused-ring (bicyclic) bond motifs is 1. The molecule has 1 aromatic heterocycles. The maximum atomic E-state index is 10.8. The highest BCUT2D eigenvalue weighted by Gasteiger charge is 2.26. The van der Waals surface area contributed by atoms with Crippen LogP contribution >= 0.6 is 0 Å². The summed E-state index contributed by atoms with van der Waals surface area (Å²) in [6.07, 6.45) is 3.68. The lowest BCUT2D eigenvalue weighted by Gasteiger charge is -2.18. The van der Waals surface area contributed by atoms with Crippen LogP contribution in [0.2, 0.25) is 0 Å². The molecule has 0 bridgehead atoms. The van der Waals surface area contributed by atoms with Crippen molar-refractivity contribution in [1.29, 1.82) is 0 Å². The van der Waals surface area contributed by atoms with Crippen molar-refractivity contribution in [3.8, 4) is 0 Å². The van der Waals surface area contributed by atoms with Crippen LogP contribution in [0.15, 0.2) is 0 Å². The number of hydrogen-bond donors (Lipinski definition) is 3. The number of aliphatic carboxylic acids is 1. The molecule has 0 saturated carbocycles. The molecule has 0 saturated heterocycles. The maximum Gasteiger partial charge on any atom is 0.321 e. The Hall–Kier alpha value is -1.36. The second-order valence-electron chi connectivity index (χ2n) is 4.19. The lowest BCUT2D eigenvalue weighted by atomic mass is 10.1. The van der Waals surface area contributed by atoms with Gasteiger partial charge in [-0.1, -0.05) is 13.3 Å². The van der Waals surface area contributed by atoms with Gasteiger partial charge in [0.05, 0.1) is 11.4 Å². The number of carboxylic acid groups (broad SMARTS) is 1. The Morgan fingerprint density at radius 2 is 2.44 bits per heavy atom. The molecule has 5 heteroatoms. The molecule has 1 unspecified atom stereocenters. The number of nitrogens with zero attached hydrogens (tertiary/aromatic N) is 1. The van der Waals surface area contributed by atoms with Gasteiger partial charge in [-0.25, -0.2) is 4.98 Å². The highest BCUT2D eigenvalue weighted by atomic mass is 16.4. The number of aromatic nitrogens is 2. The van der Waals surface area contributed by atoms with Crippen molar-refractivity contribution < 1.29 is 9.90 Å². The standard InChI is InChI=1S/C11H17N3O2/c1-2-3-4-10-13-7-5-8(11(15)16)12-6-9(7)14-10/h8,12H,2-6H2,1H3,(H,13,14)(H,15,16). The molecule has 0 fully saturated rings. The third kappa shape index (κ3) is 2.24. The van der Waals surface area contributed by atoms with Crippen molar-refractivity contribution in [3.63, 3.8) is 0 Å². The van der Waals surface area contributed by atoms with Crippen molar-refractivity contribution in [2.45, 2.75) is 45.2 Å². The second kappa shape index (κ2) is 4.65. The van der Waals surface area contributed by atoms with Crippen molar-refractivity contribution in [2.75, 3.05) is 0 Å². The van der Waals surface area contributed by atoms with Gasteiger partial charge in [0.1, 0.15) is 11.9 Å². The molecule has 88 valence electrons. The van der Waals surface area contributed by atoms with E-state index in [9.17, 15) is 4.79 Å². The van der Waals surface area contributed by atoms with E-state index in [-0.39, 0.29) is 0 Å². The zero-order chi connectivity index (χ0) is 11.5. The summed E-state index contributed by atoms with van der Waals surface area (Å²) in [7, 11) is 0. The van der Waals surface area contributed by atoms with Gasteiger partial charge in [-0.3, -0.25) is 10.1 Å². The third-order valence-corrected chi connectivity index (χ3v) is 2.90. The number of imidazole rings is 1. The number of unbranched alkanes of at least 4 members (excludes halogenated alkanes) is 1. The molecule has 1 aliphatic heterocycles. The number of carboxylic acids is 1. The first-order valence-corrected chi connectivity index (χ1v) is 5.73. The minimum absolute atomic E-state index is 0.479. The van der Waals surface area contributed by atoms with Gasteiger partial charge in [0, 0.05) is 19.4 Å². The zero-order valence-corrected chi connectivity index (χ0v) is 9.42. The van der Waals surface area contributed by atoms with Gasteiger partial charge in [0.15, 0.2) is 0 Å². The second-order valence-corrected chi connectivity index (χ2v) is 4.19. The van der Waals surface area contributed by atoms with Crippen molar-refractivity contribution in [3.05, 3.63) is 17.2 Å². The van der Waals surface area contributed by atoms with Crippen LogP contribution in [0.1, 0.15) is 37.0 Å². The largest absolute Gasteiger partial charge is 0.480 e. The summed E-state index contributed by atoms with van der Waals surface area (Å²) < 4.78 is 0. The van der Waals surface area contributed by atoms with Crippen molar-refractivity contribution >= 4 is 5.97 Å². The first kappa shape index (κ1) is 11.1. The Morgan fingerprint density at radius 3 is 3.12 bits per heavy atom. The van der Waals surface area contributed by atoms with Crippen LogP contribution in [0.4, 0.5) is 0 Å². The number of nitrogens with one attached hydrogen (secondary N) is 2. The van der Waals surface area contributed by atoms with E-state index in [2.05, 4.69) is 22.2 Å². The van der Waals surface area contributed by atoms with Gasteiger partial charge < -0.3 is 10.1 Å². The number of H-pyrrole nitrogens is 1. The Bertz CT molecular complexity index is 387. The fourth-order valence-corrected chi connectivity index (χ4v) is 1.95. The normalized spacial score (nSPS) is 19.4. The smallest absolute Gasteiger partial charge is 0.321 e. The Balaban J connectivity index is 2.07. The summed E-state index contributed by atoms with van der Waals surface area (Å²) >= 11 is 0. The molecule has 0 spiro atoms. The topological polar surface area (TPSA) is 78.0 Å². The van der Waals surface area contributed by atoms with Crippen LogP contribution in [0.5, 0.6) is 0 Å². The molecular weight excluding hydrogens is 206 g/mol. The third-order valence-electron chi connectivity index (χ3n) is 2.90. The quantitative estimate of drug-likeness (QED) is 0.707. The van der Waals surface area contributed by atoms with Crippen LogP contribution < -0.4 is 5.32 Å². The van der Waals surface area contributed by atoms with E-state index in [1.807, 2.05) is 0 Å². The first-order chi connectivity index (χ1) is 7.70. The molecule has 3 N–H and O–H groups in total. The molecule has 0 amide bonds. The molecule has 1 aromatic rings. The number of aromatic amines is 1. The summed E-state index contributed by atoms with van der Waals surface area (Å²) in [6, 6.07) is -0.491. The summed E-state index contributed by atoms with van der Waals surface area (Å²) in [4.78, 5) is 18.6. The average molecular weight is 223 g/mol. The van der Waals surface area contributed by atoms with Crippen LogP contribution in [0, 0.1) is 0 Å². The molecule has 0 aliphatic carbocycles. The Kier molecular flexibility index (Phi) is 3.24. The van der Waals surface area contributed by atoms with E-state index >= 15 is 0 Å². The Morgan fingerprint density at radius 1 is 1.62 bits per heavy atom. The van der Waals surface area contributed by atoms with Crippen LogP contribution in [0.25, 0.3) is 0 Å². The van der Waals surface area contributed by atoms with E-state index in [0.29, 0.717) is 13.0 Å². The zero-order valence-electron chi connectivity index (χ0n) is 9.42. The van der Waals surface area contributed by atoms with E-state index in [1.165, 1.54) is 0 Å². The molecular formula is C11H17N3O2. The molecule has 0 aromatic carbocycles. The van der Waals surface area contributed by atoms with Crippen LogP contribution in [-0.2, 0) is 24.2 Å². The van der Waals surface area contributed by atoms with E-state index < -0.39 is 12.0 Å². The summed E-state index contributed by atoms with van der Waals surface area (Å²) in [5, 5.41) is 11.9. The predicted molar refractivity (Wildman–Crippen MR) is 59.2 cm³/mol. The monoisotopic (exact) mass is 223 g/mol. The SMILES string of the molecule is CCCCc1nc2c([nH]1)CNC(C(=O)O)C2. The maximum absolute atomic E-state index is 10.8. The number of rotatable bonds is 4. The van der Waals surface area contributed by atoms with Gasteiger partial charge in [0.25, 0.3) is 0 Å². The number of hydrogen-bond acceptors (Lipinski definition) is 3. The highest BCUT2D eigenvalue weighted by Crippen LogP contribution is 2.15. The minimum Gasteiger partial charge on any atom is -0.480 e. The van der Waals surface area contributed by atoms with Crippen LogP contribution in [-0.4, -0.2) is 27.1 Å². The molecule has 5 nitrogen and oxygen atoms in total. The lowest BCUT2D eigenvalue weighted by Crippen LogP contribution is -2.41. The van der Waals surface area contributed by atoms with E-state index in [0.717, 1.165) is 36.5 Å². The van der Waals surface area contributed by atoms with Crippen molar-refractivity contribution in [2.24, 2.45) is 0 Å². The number of aryl methyl sites for hydroxylation is 1. The lowest BCUT2D eigenvalue weighted by molar-refractivity contribution is -0.139. The summed E-state index contributed by atoms with van der Waals surface area (Å²) in [5.74, 6) is 0.184. The number of carbonyl (C=O) groups is 1. The van der Waals surface area contributed by atoms with E-state index in [4.69, 9.17) is 5.11 Å². The first-order valence-electron chi connectivity index (χ1n) is 5.73. The minimum atomic E-state index is -0.802. The van der Waals surface area contributed by atoms with Crippen LogP contribution in [0.3, 0.4) is 0 Å². The van der Waals surface area contributed by atoms with Gasteiger partial charge in [-0.05, 0) is 6.42 Å². The van der Waals surface area contributed by atoms with Crippen molar-refractivity contribution in [1.82, 2.24) is 15.3 Å². The molecule has 16 heavy (non-hydrogen) atoms. The molecule has 0 radical (unpaired) electrons. The van der Waals surface area contributed by atoms with Gasteiger partial charge in [-0.2, -0.15) is 0 Å². The highest BCUT2D eigenvalue weighted by molar-refractivity contribution is 5.74. The van der Waals surface area contributed by atoms with Gasteiger partial charge in [0.2, 0.25) is 0 Å². The van der Waals surface area contributed by atoms with Gasteiger partial charge in [-0.15, -0.1) is 0 Å². The molecule has 1 atom stereocenters. The fourth-order valence-electron chi connectivity index (χ4n) is 1.95. The Labute approximate surface area is 94.3 Å². The molecule has 1 aliphatic rings.